The van der Waals surface area contributed by atoms with Crippen LogP contribution in [0.25, 0.3) is 0 Å². The Morgan fingerprint density at radius 1 is 1.04 bits per heavy atom. The molecule has 138 valence electrons. The van der Waals surface area contributed by atoms with Gasteiger partial charge in [0.1, 0.15) is 5.41 Å². The van der Waals surface area contributed by atoms with Crippen LogP contribution in [0.3, 0.4) is 0 Å². The maximum Gasteiger partial charge on any atom is 0.243 e. The highest BCUT2D eigenvalue weighted by Crippen LogP contribution is 2.53. The van der Waals surface area contributed by atoms with Gasteiger partial charge in [0.25, 0.3) is 0 Å². The zero-order valence-electron chi connectivity index (χ0n) is 16.0. The Hall–Kier alpha value is -1.86. The summed E-state index contributed by atoms with van der Waals surface area (Å²) in [6.07, 6.45) is 7.18. The van der Waals surface area contributed by atoms with E-state index in [0.717, 1.165) is 58.0 Å². The molecule has 0 aromatic heterocycles. The van der Waals surface area contributed by atoms with Gasteiger partial charge in [-0.05, 0) is 70.0 Å². The molecule has 0 N–H and O–H groups in total. The van der Waals surface area contributed by atoms with E-state index in [1.165, 1.54) is 5.56 Å². The summed E-state index contributed by atoms with van der Waals surface area (Å²) in [5.41, 5.74) is 1.11. The minimum atomic E-state index is -0.669. The van der Waals surface area contributed by atoms with Gasteiger partial charge in [-0.3, -0.25) is 9.69 Å². The van der Waals surface area contributed by atoms with Gasteiger partial charge in [-0.2, -0.15) is 5.26 Å². The van der Waals surface area contributed by atoms with Crippen molar-refractivity contribution in [2.45, 2.75) is 50.5 Å². The van der Waals surface area contributed by atoms with Crippen LogP contribution in [-0.4, -0.2) is 42.9 Å². The van der Waals surface area contributed by atoms with E-state index >= 15 is 0 Å². The second kappa shape index (κ2) is 6.09. The van der Waals surface area contributed by atoms with Crippen LogP contribution < -0.4 is 0 Å². The van der Waals surface area contributed by atoms with Gasteiger partial charge < -0.3 is 4.90 Å². The van der Waals surface area contributed by atoms with Crippen molar-refractivity contribution < 1.29 is 4.79 Å². The lowest BCUT2D eigenvalue weighted by atomic mass is 9.64. The summed E-state index contributed by atoms with van der Waals surface area (Å²) in [4.78, 5) is 17.1. The van der Waals surface area contributed by atoms with Gasteiger partial charge in [-0.1, -0.05) is 30.3 Å². The van der Waals surface area contributed by atoms with Crippen molar-refractivity contribution in [3.63, 3.8) is 0 Å². The summed E-state index contributed by atoms with van der Waals surface area (Å²) < 4.78 is 0. The fourth-order valence-electron chi connectivity index (χ4n) is 5.25. The highest BCUT2D eigenvalue weighted by Gasteiger charge is 2.55. The molecule has 1 amide bonds. The third-order valence-corrected chi connectivity index (χ3v) is 7.40. The lowest BCUT2D eigenvalue weighted by Crippen LogP contribution is -2.47. The molecule has 3 aliphatic rings. The first-order valence-electron chi connectivity index (χ1n) is 9.89. The molecule has 0 unspecified atom stereocenters. The van der Waals surface area contributed by atoms with Crippen LogP contribution in [0, 0.1) is 22.2 Å². The Kier molecular flexibility index (Phi) is 4.11. The fourth-order valence-corrected chi connectivity index (χ4v) is 5.25. The van der Waals surface area contributed by atoms with E-state index in [-0.39, 0.29) is 16.9 Å². The lowest BCUT2D eigenvalue weighted by molar-refractivity contribution is -0.134. The van der Waals surface area contributed by atoms with Gasteiger partial charge in [-0.15, -0.1) is 0 Å². The molecule has 1 aliphatic heterocycles. The number of amides is 1. The summed E-state index contributed by atoms with van der Waals surface area (Å²) in [5.74, 6) is 0.101. The number of hydrogen-bond donors (Lipinski definition) is 0. The average Bonchev–Trinajstić information content (AvgIpc) is 3.38. The number of hydrogen-bond acceptors (Lipinski definition) is 3. The van der Waals surface area contributed by atoms with Crippen molar-refractivity contribution in [1.29, 1.82) is 5.26 Å². The fraction of sp³-hybridized carbons (Fsp3) is 0.636. The van der Waals surface area contributed by atoms with Crippen molar-refractivity contribution in [2.24, 2.45) is 10.8 Å². The molecule has 0 bridgehead atoms. The number of carbonyl (C=O) groups excluding carboxylic acids is 1. The van der Waals surface area contributed by atoms with Gasteiger partial charge >= 0.3 is 0 Å². The second-order valence-corrected chi connectivity index (χ2v) is 8.96. The molecule has 1 aromatic carbocycles. The van der Waals surface area contributed by atoms with Crippen LogP contribution in [-0.2, 0) is 10.3 Å². The smallest absolute Gasteiger partial charge is 0.243 e. The Labute approximate surface area is 156 Å². The van der Waals surface area contributed by atoms with Crippen LogP contribution in [0.1, 0.15) is 50.5 Å². The Balaban J connectivity index is 1.48. The molecule has 1 spiro atoms. The van der Waals surface area contributed by atoms with Crippen molar-refractivity contribution in [3.05, 3.63) is 35.9 Å². The normalized spacial score (nSPS) is 32.6. The number of nitrogens with zero attached hydrogens (tertiary/aromatic N) is 3. The van der Waals surface area contributed by atoms with Crippen molar-refractivity contribution in [2.75, 3.05) is 27.2 Å². The predicted molar refractivity (Wildman–Crippen MR) is 101 cm³/mol. The molecule has 4 nitrogen and oxygen atoms in total. The number of rotatable bonds is 3. The maximum atomic E-state index is 12.7. The standard InChI is InChI=1S/C22H29N3O/c1-24(2)22(18-6-4-3-5-7-18)12-8-20(9-13-22)14-15-25(17-20)19(26)21(16-23)10-11-21/h3-7H,8-15,17H2,1-2H3. The third kappa shape index (κ3) is 2.65. The molecule has 2 aliphatic carbocycles. The largest absolute Gasteiger partial charge is 0.341 e. The summed E-state index contributed by atoms with van der Waals surface area (Å²) in [5, 5.41) is 9.34. The van der Waals surface area contributed by atoms with Crippen molar-refractivity contribution >= 4 is 5.91 Å². The van der Waals surface area contributed by atoms with E-state index < -0.39 is 5.41 Å². The summed E-state index contributed by atoms with van der Waals surface area (Å²) in [6.45, 7) is 1.69. The quantitative estimate of drug-likeness (QED) is 0.837. The first-order valence-corrected chi connectivity index (χ1v) is 9.89. The third-order valence-electron chi connectivity index (χ3n) is 7.40. The highest BCUT2D eigenvalue weighted by molar-refractivity contribution is 5.88. The molecule has 0 radical (unpaired) electrons. The second-order valence-electron chi connectivity index (χ2n) is 8.96. The topological polar surface area (TPSA) is 47.3 Å². The van der Waals surface area contributed by atoms with E-state index in [4.69, 9.17) is 0 Å². The predicted octanol–water partition coefficient (Wildman–Crippen LogP) is 3.54. The van der Waals surface area contributed by atoms with Crippen molar-refractivity contribution in [3.8, 4) is 6.07 Å². The van der Waals surface area contributed by atoms with E-state index in [1.807, 2.05) is 4.90 Å². The Morgan fingerprint density at radius 3 is 2.23 bits per heavy atom. The van der Waals surface area contributed by atoms with Crippen LogP contribution in [0.15, 0.2) is 30.3 Å². The van der Waals surface area contributed by atoms with E-state index in [9.17, 15) is 10.1 Å². The van der Waals surface area contributed by atoms with Crippen LogP contribution in [0.2, 0.25) is 0 Å². The summed E-state index contributed by atoms with van der Waals surface area (Å²) in [6, 6.07) is 13.1. The molecule has 3 fully saturated rings. The molecule has 1 aromatic rings. The van der Waals surface area contributed by atoms with E-state index in [0.29, 0.717) is 0 Å². The van der Waals surface area contributed by atoms with Gasteiger partial charge in [0.2, 0.25) is 5.91 Å². The van der Waals surface area contributed by atoms with Crippen LogP contribution in [0.4, 0.5) is 0 Å². The summed E-state index contributed by atoms with van der Waals surface area (Å²) >= 11 is 0. The summed E-state index contributed by atoms with van der Waals surface area (Å²) in [7, 11) is 4.39. The number of likely N-dealkylation sites (tertiary alicyclic amines) is 1. The molecule has 2 saturated carbocycles. The number of nitriles is 1. The minimum Gasteiger partial charge on any atom is -0.341 e. The van der Waals surface area contributed by atoms with Gasteiger partial charge in [0, 0.05) is 18.6 Å². The zero-order valence-corrected chi connectivity index (χ0v) is 16.0. The van der Waals surface area contributed by atoms with Gasteiger partial charge in [0.05, 0.1) is 6.07 Å². The average molecular weight is 351 g/mol. The van der Waals surface area contributed by atoms with Crippen LogP contribution >= 0.6 is 0 Å². The first kappa shape index (κ1) is 17.5. The molecule has 0 atom stereocenters. The molecule has 4 rings (SSSR count). The van der Waals surface area contributed by atoms with Gasteiger partial charge in [-0.25, -0.2) is 0 Å². The minimum absolute atomic E-state index is 0.101. The van der Waals surface area contributed by atoms with Crippen LogP contribution in [0.5, 0.6) is 0 Å². The van der Waals surface area contributed by atoms with Crippen molar-refractivity contribution in [1.82, 2.24) is 9.80 Å². The molecule has 1 heterocycles. The molecule has 1 saturated heterocycles. The Bertz CT molecular complexity index is 722. The monoisotopic (exact) mass is 351 g/mol. The van der Waals surface area contributed by atoms with E-state index in [1.54, 1.807) is 0 Å². The Morgan fingerprint density at radius 2 is 1.69 bits per heavy atom. The first-order chi connectivity index (χ1) is 12.5. The van der Waals surface area contributed by atoms with E-state index in [2.05, 4.69) is 55.4 Å². The number of benzene rings is 1. The van der Waals surface area contributed by atoms with Gasteiger partial charge in [0.15, 0.2) is 0 Å². The SMILES string of the molecule is CN(C)C1(c2ccccc2)CCC2(CCN(C(=O)C3(C#N)CC3)C2)CC1. The number of carbonyl (C=O) groups is 1. The molecule has 4 heteroatoms. The molecule has 26 heavy (non-hydrogen) atoms. The lowest BCUT2D eigenvalue weighted by Gasteiger charge is -2.49. The zero-order chi connectivity index (χ0) is 18.4. The highest BCUT2D eigenvalue weighted by atomic mass is 16.2. The molecular weight excluding hydrogens is 322 g/mol. The maximum absolute atomic E-state index is 12.7. The molecular formula is C22H29N3O.